The molecular weight excluding hydrogens is 463 g/mol. The summed E-state index contributed by atoms with van der Waals surface area (Å²) in [6.07, 6.45) is 3.21. The lowest BCUT2D eigenvalue weighted by molar-refractivity contribution is -0.141. The molecule has 7 nitrogen and oxygen atoms in total. The summed E-state index contributed by atoms with van der Waals surface area (Å²) in [4.78, 5) is 17.7. The third kappa shape index (κ3) is 6.10. The van der Waals surface area contributed by atoms with Gasteiger partial charge in [0.2, 0.25) is 6.79 Å². The topological polar surface area (TPSA) is 60.5 Å². The number of rotatable bonds is 9. The molecule has 3 aliphatic rings. The van der Waals surface area contributed by atoms with Crippen LogP contribution in [0.4, 0.5) is 4.39 Å². The maximum atomic E-state index is 14.5. The maximum absolute atomic E-state index is 14.5. The highest BCUT2D eigenvalue weighted by molar-refractivity contribution is 5.81. The van der Waals surface area contributed by atoms with Crippen molar-refractivity contribution in [1.82, 2.24) is 9.80 Å². The third-order valence-corrected chi connectivity index (χ3v) is 7.23. The van der Waals surface area contributed by atoms with Gasteiger partial charge in [-0.3, -0.25) is 9.69 Å². The second-order valence-electron chi connectivity index (χ2n) is 10.1. The average Bonchev–Trinajstić information content (AvgIpc) is 3.57. The van der Waals surface area contributed by atoms with Crippen LogP contribution in [0.15, 0.2) is 42.5 Å². The molecule has 0 aromatic heterocycles. The van der Waals surface area contributed by atoms with E-state index in [0.717, 1.165) is 49.4 Å². The van der Waals surface area contributed by atoms with E-state index in [4.69, 9.17) is 18.9 Å². The summed E-state index contributed by atoms with van der Waals surface area (Å²) in [5, 5.41) is 0. The first-order valence-corrected chi connectivity index (χ1v) is 13.0. The van der Waals surface area contributed by atoms with Crippen LogP contribution in [0.2, 0.25) is 0 Å². The van der Waals surface area contributed by atoms with Crippen LogP contribution in [-0.2, 0) is 16.1 Å². The molecule has 2 saturated heterocycles. The molecule has 2 aromatic carbocycles. The largest absolute Gasteiger partial charge is 0.476 e. The molecule has 2 unspecified atom stereocenters. The molecular formula is C28H35FN2O5. The van der Waals surface area contributed by atoms with E-state index in [2.05, 4.69) is 11.8 Å². The monoisotopic (exact) mass is 498 g/mol. The third-order valence-electron chi connectivity index (χ3n) is 7.23. The molecule has 2 atom stereocenters. The summed E-state index contributed by atoms with van der Waals surface area (Å²) in [6, 6.07) is 12.2. The van der Waals surface area contributed by atoms with Crippen LogP contribution in [0.5, 0.6) is 17.2 Å². The van der Waals surface area contributed by atoms with Crippen LogP contribution >= 0.6 is 0 Å². The van der Waals surface area contributed by atoms with Gasteiger partial charge >= 0.3 is 0 Å². The molecule has 0 bridgehead atoms. The van der Waals surface area contributed by atoms with Crippen LogP contribution < -0.4 is 14.2 Å². The fourth-order valence-corrected chi connectivity index (χ4v) is 5.10. The van der Waals surface area contributed by atoms with Gasteiger partial charge in [-0.1, -0.05) is 25.1 Å². The molecule has 1 amide bonds. The highest BCUT2D eigenvalue weighted by Gasteiger charge is 2.32. The molecule has 5 rings (SSSR count). The number of para-hydroxylation sites is 1. The number of carbonyl (C=O) groups is 1. The minimum Gasteiger partial charge on any atom is -0.476 e. The average molecular weight is 499 g/mol. The van der Waals surface area contributed by atoms with Crippen molar-refractivity contribution < 1.29 is 28.1 Å². The van der Waals surface area contributed by atoms with Gasteiger partial charge in [0.25, 0.3) is 5.91 Å². The van der Waals surface area contributed by atoms with Crippen molar-refractivity contribution in [3.63, 3.8) is 0 Å². The number of benzene rings is 2. The van der Waals surface area contributed by atoms with Gasteiger partial charge in [0.15, 0.2) is 29.2 Å². The first-order chi connectivity index (χ1) is 17.5. The Hall–Kier alpha value is -2.84. The zero-order valence-electron chi connectivity index (χ0n) is 20.9. The molecule has 0 aliphatic carbocycles. The lowest BCUT2D eigenvalue weighted by atomic mass is 9.99. The van der Waals surface area contributed by atoms with Gasteiger partial charge in [-0.15, -0.1) is 0 Å². The minimum atomic E-state index is -0.828. The number of halogens is 1. The van der Waals surface area contributed by atoms with Crippen molar-refractivity contribution in [3.8, 4) is 17.2 Å². The molecule has 36 heavy (non-hydrogen) atoms. The fourth-order valence-electron chi connectivity index (χ4n) is 5.10. The lowest BCUT2D eigenvalue weighted by Gasteiger charge is -2.35. The molecule has 0 radical (unpaired) electrons. The van der Waals surface area contributed by atoms with Gasteiger partial charge in [0.05, 0.1) is 6.10 Å². The number of ether oxygens (including phenoxy) is 4. The van der Waals surface area contributed by atoms with Crippen molar-refractivity contribution in [3.05, 3.63) is 53.8 Å². The molecule has 8 heteroatoms. The number of likely N-dealkylation sites (tertiary alicyclic amines) is 1. The standard InChI is InChI=1S/C28H35FN2O5/c1-20-10-12-31(13-11-20)28(32)27(36-24-7-3-2-6-23(24)29)18-30(17-22-5-4-14-33-22)16-21-8-9-25-26(15-21)35-19-34-25/h2-3,6-9,15,20,22,27H,4-5,10-14,16-19H2,1H3. The minimum absolute atomic E-state index is 0.0896. The Morgan fingerprint density at radius 3 is 2.72 bits per heavy atom. The predicted octanol–water partition coefficient (Wildman–Crippen LogP) is 4.24. The highest BCUT2D eigenvalue weighted by atomic mass is 19.1. The van der Waals surface area contributed by atoms with E-state index in [-0.39, 0.29) is 24.6 Å². The molecule has 3 aliphatic heterocycles. The van der Waals surface area contributed by atoms with E-state index in [9.17, 15) is 9.18 Å². The first kappa shape index (κ1) is 24.8. The number of hydrogen-bond donors (Lipinski definition) is 0. The Kier molecular flexibility index (Phi) is 7.92. The molecule has 0 spiro atoms. The maximum Gasteiger partial charge on any atom is 0.265 e. The van der Waals surface area contributed by atoms with E-state index in [0.29, 0.717) is 38.6 Å². The second kappa shape index (κ2) is 11.5. The zero-order chi connectivity index (χ0) is 24.9. The first-order valence-electron chi connectivity index (χ1n) is 13.0. The molecule has 0 N–H and O–H groups in total. The van der Waals surface area contributed by atoms with E-state index in [1.807, 2.05) is 23.1 Å². The Labute approximate surface area is 212 Å². The van der Waals surface area contributed by atoms with Crippen molar-refractivity contribution >= 4 is 5.91 Å². The van der Waals surface area contributed by atoms with E-state index in [1.54, 1.807) is 18.2 Å². The Bertz CT molecular complexity index is 1040. The summed E-state index contributed by atoms with van der Waals surface area (Å²) in [5.74, 6) is 1.60. The van der Waals surface area contributed by atoms with Crippen LogP contribution in [0.25, 0.3) is 0 Å². The van der Waals surface area contributed by atoms with Gasteiger partial charge in [-0.2, -0.15) is 0 Å². The number of hydrogen-bond acceptors (Lipinski definition) is 6. The summed E-state index contributed by atoms with van der Waals surface area (Å²) in [6.45, 7) is 6.16. The van der Waals surface area contributed by atoms with Crippen molar-refractivity contribution in [1.29, 1.82) is 0 Å². The van der Waals surface area contributed by atoms with Crippen LogP contribution in [-0.4, -0.2) is 67.5 Å². The quantitative estimate of drug-likeness (QED) is 0.516. The molecule has 0 saturated carbocycles. The zero-order valence-corrected chi connectivity index (χ0v) is 20.9. The van der Waals surface area contributed by atoms with E-state index in [1.165, 1.54) is 6.07 Å². The number of carbonyl (C=O) groups excluding carboxylic acids is 1. The van der Waals surface area contributed by atoms with Crippen molar-refractivity contribution in [2.75, 3.05) is 39.6 Å². The highest BCUT2D eigenvalue weighted by Crippen LogP contribution is 2.33. The smallest absolute Gasteiger partial charge is 0.265 e. The van der Waals surface area contributed by atoms with Gasteiger partial charge in [0, 0.05) is 39.3 Å². The summed E-state index contributed by atoms with van der Waals surface area (Å²) >= 11 is 0. The SMILES string of the molecule is CC1CCN(C(=O)C(CN(Cc2ccc3c(c2)OCO3)CC2CCCO2)Oc2ccccc2F)CC1. The Balaban J connectivity index is 1.37. The Morgan fingerprint density at radius 1 is 1.14 bits per heavy atom. The van der Waals surface area contributed by atoms with Crippen molar-refractivity contribution in [2.24, 2.45) is 5.92 Å². The van der Waals surface area contributed by atoms with Crippen molar-refractivity contribution in [2.45, 2.75) is 51.4 Å². The van der Waals surface area contributed by atoms with Gasteiger partial charge in [-0.05, 0) is 61.4 Å². The fraction of sp³-hybridized carbons (Fsp3) is 0.536. The lowest BCUT2D eigenvalue weighted by Crippen LogP contribution is -2.50. The summed E-state index contributed by atoms with van der Waals surface area (Å²) in [5.41, 5.74) is 1.04. The summed E-state index contributed by atoms with van der Waals surface area (Å²) in [7, 11) is 0. The predicted molar refractivity (Wildman–Crippen MR) is 133 cm³/mol. The summed E-state index contributed by atoms with van der Waals surface area (Å²) < 4.78 is 37.6. The number of amides is 1. The molecule has 2 fully saturated rings. The van der Waals surface area contributed by atoms with E-state index < -0.39 is 11.9 Å². The van der Waals surface area contributed by atoms with Crippen LogP contribution in [0.1, 0.15) is 38.2 Å². The van der Waals surface area contributed by atoms with Gasteiger partial charge < -0.3 is 23.8 Å². The molecule has 2 aromatic rings. The van der Waals surface area contributed by atoms with E-state index >= 15 is 0 Å². The second-order valence-corrected chi connectivity index (χ2v) is 10.1. The number of nitrogens with zero attached hydrogens (tertiary/aromatic N) is 2. The molecule has 194 valence electrons. The number of fused-ring (bicyclic) bond motifs is 1. The normalized spacial score (nSPS) is 20.6. The van der Waals surface area contributed by atoms with Gasteiger partial charge in [-0.25, -0.2) is 4.39 Å². The van der Waals surface area contributed by atoms with Gasteiger partial charge in [0.1, 0.15) is 0 Å². The molecule has 3 heterocycles. The van der Waals surface area contributed by atoms with Crippen LogP contribution in [0, 0.1) is 11.7 Å². The van der Waals surface area contributed by atoms with Crippen LogP contribution in [0.3, 0.4) is 0 Å². The number of piperidine rings is 1. The Morgan fingerprint density at radius 2 is 1.94 bits per heavy atom.